The second-order valence-corrected chi connectivity index (χ2v) is 10.5. The zero-order chi connectivity index (χ0) is 29.6. The number of nitro benzene ring substituents is 1. The number of furan rings is 1. The highest BCUT2D eigenvalue weighted by atomic mass is 32.2. The van der Waals surface area contributed by atoms with Crippen LogP contribution >= 0.6 is 0 Å². The highest BCUT2D eigenvalue weighted by Gasteiger charge is 2.28. The van der Waals surface area contributed by atoms with Gasteiger partial charge in [0.15, 0.2) is 11.5 Å². The molecule has 0 saturated carbocycles. The largest absolute Gasteiger partial charge is 0.493 e. The molecule has 1 heterocycles. The number of benzene rings is 3. The highest BCUT2D eigenvalue weighted by molar-refractivity contribution is 7.92. The molecular formula is C28H26N4O8S. The molecule has 12 nitrogen and oxygen atoms in total. The summed E-state index contributed by atoms with van der Waals surface area (Å²) in [7, 11) is -1.28. The van der Waals surface area contributed by atoms with Crippen LogP contribution in [-0.2, 0) is 14.8 Å². The predicted octanol–water partition coefficient (Wildman–Crippen LogP) is 4.53. The summed E-state index contributed by atoms with van der Waals surface area (Å²) in [4.78, 5) is 23.2. The molecule has 0 unspecified atom stereocenters. The van der Waals surface area contributed by atoms with Crippen molar-refractivity contribution in [2.75, 3.05) is 25.1 Å². The number of anilines is 1. The summed E-state index contributed by atoms with van der Waals surface area (Å²) in [6.45, 7) is 1.25. The van der Waals surface area contributed by atoms with E-state index in [2.05, 4.69) is 10.5 Å². The monoisotopic (exact) mass is 578 g/mol. The van der Waals surface area contributed by atoms with Gasteiger partial charge < -0.3 is 13.9 Å². The third-order valence-corrected chi connectivity index (χ3v) is 7.71. The van der Waals surface area contributed by atoms with Crippen LogP contribution in [0, 0.1) is 17.0 Å². The Kier molecular flexibility index (Phi) is 8.68. The van der Waals surface area contributed by atoms with Gasteiger partial charge in [-0.15, -0.1) is 0 Å². The number of amides is 1. The van der Waals surface area contributed by atoms with E-state index in [4.69, 9.17) is 13.9 Å². The van der Waals surface area contributed by atoms with Crippen molar-refractivity contribution in [3.8, 4) is 22.8 Å². The third kappa shape index (κ3) is 6.70. The van der Waals surface area contributed by atoms with E-state index in [1.165, 1.54) is 56.8 Å². The van der Waals surface area contributed by atoms with Crippen LogP contribution in [0.25, 0.3) is 11.3 Å². The Labute approximate surface area is 236 Å². The van der Waals surface area contributed by atoms with Crippen LogP contribution in [0.3, 0.4) is 0 Å². The van der Waals surface area contributed by atoms with Crippen molar-refractivity contribution in [1.82, 2.24) is 5.43 Å². The number of rotatable bonds is 11. The minimum absolute atomic E-state index is 0.00328. The van der Waals surface area contributed by atoms with Gasteiger partial charge in [-0.3, -0.25) is 19.2 Å². The Morgan fingerprint density at radius 2 is 1.68 bits per heavy atom. The van der Waals surface area contributed by atoms with Crippen LogP contribution in [0.1, 0.15) is 11.3 Å². The first kappa shape index (κ1) is 28.8. The summed E-state index contributed by atoms with van der Waals surface area (Å²) in [5.41, 5.74) is 3.95. The third-order valence-electron chi connectivity index (χ3n) is 5.92. The smallest absolute Gasteiger partial charge is 0.269 e. The number of nitrogens with zero attached hydrogens (tertiary/aromatic N) is 3. The van der Waals surface area contributed by atoms with E-state index in [0.29, 0.717) is 22.8 Å². The van der Waals surface area contributed by atoms with Crippen molar-refractivity contribution in [2.45, 2.75) is 11.8 Å². The predicted molar refractivity (Wildman–Crippen MR) is 152 cm³/mol. The minimum atomic E-state index is -4.16. The summed E-state index contributed by atoms with van der Waals surface area (Å²) in [5.74, 6) is 0.701. The molecule has 1 amide bonds. The van der Waals surface area contributed by atoms with Gasteiger partial charge in [0.2, 0.25) is 0 Å². The van der Waals surface area contributed by atoms with Crippen LogP contribution in [0.4, 0.5) is 11.4 Å². The average molecular weight is 579 g/mol. The number of aryl methyl sites for hydroxylation is 1. The first-order chi connectivity index (χ1) is 19.6. The van der Waals surface area contributed by atoms with Crippen LogP contribution in [0.15, 0.2) is 93.3 Å². The Bertz CT molecular complexity index is 1680. The Balaban J connectivity index is 1.53. The molecule has 0 aliphatic rings. The number of ether oxygens (including phenoxy) is 2. The molecule has 0 aliphatic heterocycles. The molecular weight excluding hydrogens is 552 g/mol. The summed E-state index contributed by atoms with van der Waals surface area (Å²) >= 11 is 0. The highest BCUT2D eigenvalue weighted by Crippen LogP contribution is 2.34. The summed E-state index contributed by atoms with van der Waals surface area (Å²) < 4.78 is 44.4. The molecule has 0 spiro atoms. The number of hydrogen-bond donors (Lipinski definition) is 1. The van der Waals surface area contributed by atoms with Gasteiger partial charge in [-0.25, -0.2) is 13.8 Å². The summed E-state index contributed by atoms with van der Waals surface area (Å²) in [6, 6.07) is 19.9. The van der Waals surface area contributed by atoms with Crippen LogP contribution in [0.2, 0.25) is 0 Å². The van der Waals surface area contributed by atoms with Gasteiger partial charge >= 0.3 is 0 Å². The number of nitrogens with one attached hydrogen (secondary N) is 1. The molecule has 0 radical (unpaired) electrons. The fourth-order valence-electron chi connectivity index (χ4n) is 3.79. The first-order valence-corrected chi connectivity index (χ1v) is 13.5. The maximum Gasteiger partial charge on any atom is 0.269 e. The van der Waals surface area contributed by atoms with Gasteiger partial charge in [-0.05, 0) is 55.5 Å². The average Bonchev–Trinajstić information content (AvgIpc) is 3.44. The zero-order valence-electron chi connectivity index (χ0n) is 22.3. The first-order valence-electron chi connectivity index (χ1n) is 12.1. The molecule has 0 bridgehead atoms. The van der Waals surface area contributed by atoms with E-state index < -0.39 is 27.4 Å². The number of sulfonamides is 1. The lowest BCUT2D eigenvalue weighted by Crippen LogP contribution is -2.39. The molecule has 3 aromatic carbocycles. The lowest BCUT2D eigenvalue weighted by molar-refractivity contribution is -0.384. The summed E-state index contributed by atoms with van der Waals surface area (Å²) in [6.07, 6.45) is 1.25. The Hall–Kier alpha value is -5.17. The second kappa shape index (κ2) is 12.3. The van der Waals surface area contributed by atoms with Crippen LogP contribution in [-0.4, -0.2) is 46.2 Å². The minimum Gasteiger partial charge on any atom is -0.493 e. The van der Waals surface area contributed by atoms with Crippen molar-refractivity contribution < 1.29 is 32.0 Å². The topological polar surface area (TPSA) is 154 Å². The maximum atomic E-state index is 13.6. The number of non-ortho nitro benzene ring substituents is 1. The van der Waals surface area contributed by atoms with Gasteiger partial charge in [0.25, 0.3) is 21.6 Å². The molecule has 0 saturated heterocycles. The molecule has 4 rings (SSSR count). The molecule has 0 aliphatic carbocycles. The molecule has 0 atom stereocenters. The van der Waals surface area contributed by atoms with E-state index in [9.17, 15) is 23.3 Å². The number of carbonyl (C=O) groups is 1. The SMILES string of the molecule is COc1ccc(N(CC(=O)N/N=C\c2ccc(-c3ccc([N+](=O)[O-])cc3)o2)S(=O)(=O)c2ccc(C)cc2)cc1OC. The van der Waals surface area contributed by atoms with E-state index in [1.54, 1.807) is 42.5 Å². The molecule has 1 aromatic heterocycles. The van der Waals surface area contributed by atoms with Crippen molar-refractivity contribution in [3.05, 3.63) is 100 Å². The van der Waals surface area contributed by atoms with E-state index in [-0.39, 0.29) is 22.0 Å². The number of nitro groups is 1. The number of hydrazone groups is 1. The van der Waals surface area contributed by atoms with E-state index in [1.807, 2.05) is 6.92 Å². The normalized spacial score (nSPS) is 11.3. The van der Waals surface area contributed by atoms with Crippen LogP contribution < -0.4 is 19.2 Å². The second-order valence-electron chi connectivity index (χ2n) is 8.66. The molecule has 4 aromatic rings. The van der Waals surface area contributed by atoms with Gasteiger partial charge in [0, 0.05) is 23.8 Å². The van der Waals surface area contributed by atoms with E-state index in [0.717, 1.165) is 9.87 Å². The standard InChI is InChI=1S/C28H26N4O8S/c1-19-4-12-24(13-5-19)41(36,37)31(22-10-14-26(38-2)27(16-22)39-3)18-28(33)30-29-17-23-11-15-25(40-23)20-6-8-21(9-7-20)32(34)35/h4-17H,18H2,1-3H3,(H,30,33)/b29-17-. The molecule has 0 fully saturated rings. The van der Waals surface area contributed by atoms with E-state index >= 15 is 0 Å². The number of carbonyl (C=O) groups excluding carboxylic acids is 1. The van der Waals surface area contributed by atoms with Crippen molar-refractivity contribution >= 4 is 33.5 Å². The fraction of sp³-hybridized carbons (Fsp3) is 0.143. The summed E-state index contributed by atoms with van der Waals surface area (Å²) in [5, 5.41) is 14.7. The lowest BCUT2D eigenvalue weighted by atomic mass is 10.1. The molecule has 13 heteroatoms. The zero-order valence-corrected chi connectivity index (χ0v) is 23.1. The molecule has 212 valence electrons. The fourth-order valence-corrected chi connectivity index (χ4v) is 5.20. The van der Waals surface area contributed by atoms with Crippen molar-refractivity contribution in [2.24, 2.45) is 5.10 Å². The van der Waals surface area contributed by atoms with Gasteiger partial charge in [-0.2, -0.15) is 5.10 Å². The van der Waals surface area contributed by atoms with Gasteiger partial charge in [0.1, 0.15) is 18.1 Å². The number of methoxy groups -OCH3 is 2. The molecule has 1 N–H and O–H groups in total. The van der Waals surface area contributed by atoms with Crippen molar-refractivity contribution in [1.29, 1.82) is 0 Å². The van der Waals surface area contributed by atoms with Gasteiger partial charge in [-0.1, -0.05) is 17.7 Å². The lowest BCUT2D eigenvalue weighted by Gasteiger charge is -2.24. The Morgan fingerprint density at radius 3 is 2.32 bits per heavy atom. The Morgan fingerprint density at radius 1 is 1.00 bits per heavy atom. The maximum absolute atomic E-state index is 13.6. The van der Waals surface area contributed by atoms with Gasteiger partial charge in [0.05, 0.1) is 35.9 Å². The quantitative estimate of drug-likeness (QED) is 0.155. The number of hydrogen-bond acceptors (Lipinski definition) is 9. The molecule has 41 heavy (non-hydrogen) atoms. The van der Waals surface area contributed by atoms with Crippen molar-refractivity contribution in [3.63, 3.8) is 0 Å². The van der Waals surface area contributed by atoms with Crippen LogP contribution in [0.5, 0.6) is 11.5 Å².